The van der Waals surface area contributed by atoms with Gasteiger partial charge in [0.2, 0.25) is 0 Å². The molecule has 1 amide bonds. The van der Waals surface area contributed by atoms with Crippen molar-refractivity contribution in [2.75, 3.05) is 7.11 Å². The van der Waals surface area contributed by atoms with Gasteiger partial charge in [-0.2, -0.15) is 5.10 Å². The van der Waals surface area contributed by atoms with E-state index in [1.54, 1.807) is 7.11 Å². The van der Waals surface area contributed by atoms with Gasteiger partial charge >= 0.3 is 0 Å². The lowest BCUT2D eigenvalue weighted by Gasteiger charge is -2.19. The average Bonchev–Trinajstić information content (AvgIpc) is 3.41. The minimum Gasteiger partial charge on any atom is -0.493 e. The third kappa shape index (κ3) is 4.79. The summed E-state index contributed by atoms with van der Waals surface area (Å²) in [6.45, 7) is 4.82. The highest BCUT2D eigenvalue weighted by atomic mass is 16.5. The first-order valence-electron chi connectivity index (χ1n) is 11.3. The second kappa shape index (κ2) is 9.90. The Kier molecular flexibility index (Phi) is 6.78. The van der Waals surface area contributed by atoms with Gasteiger partial charge in [0.25, 0.3) is 5.91 Å². The number of methoxy groups -OCH3 is 1. The van der Waals surface area contributed by atoms with Crippen LogP contribution in [0, 0.1) is 13.8 Å². The van der Waals surface area contributed by atoms with Crippen molar-refractivity contribution >= 4 is 5.91 Å². The molecule has 1 fully saturated rings. The SMILES string of the molecule is COc1cccc(CNC(=O)c2c(C)nn(Cc3ccccc3)c2C)c1OC1CCCC1. The topological polar surface area (TPSA) is 65.4 Å². The Labute approximate surface area is 189 Å². The van der Waals surface area contributed by atoms with E-state index < -0.39 is 0 Å². The number of hydrogen-bond acceptors (Lipinski definition) is 4. The van der Waals surface area contributed by atoms with Crippen molar-refractivity contribution in [1.82, 2.24) is 15.1 Å². The number of nitrogens with one attached hydrogen (secondary N) is 1. The molecule has 6 nitrogen and oxygen atoms in total. The number of carbonyl (C=O) groups excluding carboxylic acids is 1. The van der Waals surface area contributed by atoms with Crippen LogP contribution in [0.3, 0.4) is 0 Å². The van der Waals surface area contributed by atoms with Crippen LogP contribution in [-0.4, -0.2) is 28.9 Å². The summed E-state index contributed by atoms with van der Waals surface area (Å²) >= 11 is 0. The van der Waals surface area contributed by atoms with Crippen LogP contribution in [0.25, 0.3) is 0 Å². The fraction of sp³-hybridized carbons (Fsp3) is 0.385. The van der Waals surface area contributed by atoms with Gasteiger partial charge in [0.05, 0.1) is 31.0 Å². The van der Waals surface area contributed by atoms with Crippen molar-refractivity contribution in [2.24, 2.45) is 0 Å². The normalized spacial score (nSPS) is 13.8. The van der Waals surface area contributed by atoms with Gasteiger partial charge in [-0.15, -0.1) is 0 Å². The Hall–Kier alpha value is -3.28. The van der Waals surface area contributed by atoms with Gasteiger partial charge in [0, 0.05) is 17.8 Å². The summed E-state index contributed by atoms with van der Waals surface area (Å²) in [6.07, 6.45) is 4.71. The molecule has 168 valence electrons. The maximum absolute atomic E-state index is 13.1. The molecule has 6 heteroatoms. The first-order chi connectivity index (χ1) is 15.6. The smallest absolute Gasteiger partial charge is 0.255 e. The Morgan fingerprint density at radius 3 is 2.56 bits per heavy atom. The van der Waals surface area contributed by atoms with Crippen molar-refractivity contribution in [3.63, 3.8) is 0 Å². The van der Waals surface area contributed by atoms with E-state index in [0.717, 1.165) is 41.1 Å². The second-order valence-corrected chi connectivity index (χ2v) is 8.34. The van der Waals surface area contributed by atoms with Crippen LogP contribution in [0.2, 0.25) is 0 Å². The zero-order valence-electron chi connectivity index (χ0n) is 19.1. The monoisotopic (exact) mass is 433 g/mol. The largest absolute Gasteiger partial charge is 0.493 e. The van der Waals surface area contributed by atoms with Gasteiger partial charge in [-0.3, -0.25) is 9.48 Å². The van der Waals surface area contributed by atoms with E-state index in [2.05, 4.69) is 22.5 Å². The molecule has 0 bridgehead atoms. The van der Waals surface area contributed by atoms with Crippen LogP contribution in [0.1, 0.15) is 58.6 Å². The number of carbonyl (C=O) groups is 1. The van der Waals surface area contributed by atoms with Gasteiger partial charge in [-0.05, 0) is 51.2 Å². The molecule has 0 radical (unpaired) electrons. The summed E-state index contributed by atoms with van der Waals surface area (Å²) in [4.78, 5) is 13.1. The summed E-state index contributed by atoms with van der Waals surface area (Å²) < 4.78 is 13.7. The van der Waals surface area contributed by atoms with E-state index in [1.165, 1.54) is 12.8 Å². The molecular formula is C26H31N3O3. The molecule has 32 heavy (non-hydrogen) atoms. The lowest BCUT2D eigenvalue weighted by atomic mass is 10.1. The van der Waals surface area contributed by atoms with Crippen molar-refractivity contribution in [1.29, 1.82) is 0 Å². The number of para-hydroxylation sites is 1. The number of rotatable bonds is 8. The van der Waals surface area contributed by atoms with Crippen LogP contribution in [0.5, 0.6) is 11.5 Å². The number of amides is 1. The summed E-state index contributed by atoms with van der Waals surface area (Å²) in [7, 11) is 1.65. The highest BCUT2D eigenvalue weighted by Gasteiger charge is 2.22. The third-order valence-electron chi connectivity index (χ3n) is 6.09. The van der Waals surface area contributed by atoms with Crippen LogP contribution in [-0.2, 0) is 13.1 Å². The number of benzene rings is 2. The Bertz CT molecular complexity index is 1070. The first kappa shape index (κ1) is 21.9. The van der Waals surface area contributed by atoms with Crippen molar-refractivity contribution in [3.8, 4) is 11.5 Å². The van der Waals surface area contributed by atoms with Gasteiger partial charge in [0.1, 0.15) is 0 Å². The molecule has 1 aliphatic rings. The third-order valence-corrected chi connectivity index (χ3v) is 6.09. The van der Waals surface area contributed by atoms with E-state index in [-0.39, 0.29) is 12.0 Å². The summed E-state index contributed by atoms with van der Waals surface area (Å²) in [5.41, 5.74) is 4.27. The standard InChI is InChI=1S/C26H31N3O3/c1-18-24(19(2)29(28-18)17-20-10-5-4-6-11-20)26(30)27-16-21-12-9-15-23(31-3)25(21)32-22-13-7-8-14-22/h4-6,9-12,15,22H,7-8,13-14,16-17H2,1-3H3,(H,27,30). The van der Waals surface area contributed by atoms with E-state index in [0.29, 0.717) is 24.4 Å². The molecule has 1 heterocycles. The number of hydrogen-bond donors (Lipinski definition) is 1. The predicted molar refractivity (Wildman–Crippen MR) is 124 cm³/mol. The van der Waals surface area contributed by atoms with Crippen LogP contribution >= 0.6 is 0 Å². The number of aryl methyl sites for hydroxylation is 1. The van der Waals surface area contributed by atoms with Gasteiger partial charge in [-0.1, -0.05) is 42.5 Å². The lowest BCUT2D eigenvalue weighted by molar-refractivity contribution is 0.0949. The van der Waals surface area contributed by atoms with E-state index >= 15 is 0 Å². The minimum atomic E-state index is -0.131. The van der Waals surface area contributed by atoms with Crippen molar-refractivity contribution < 1.29 is 14.3 Å². The minimum absolute atomic E-state index is 0.131. The van der Waals surface area contributed by atoms with Crippen LogP contribution in [0.4, 0.5) is 0 Å². The quantitative estimate of drug-likeness (QED) is 0.554. The molecule has 0 spiro atoms. The van der Waals surface area contributed by atoms with E-state index in [9.17, 15) is 4.79 Å². The first-order valence-corrected chi connectivity index (χ1v) is 11.3. The molecule has 4 rings (SSSR count). The van der Waals surface area contributed by atoms with Gasteiger partial charge in [0.15, 0.2) is 11.5 Å². The molecule has 2 aromatic carbocycles. The average molecular weight is 434 g/mol. The molecule has 1 N–H and O–H groups in total. The van der Waals surface area contributed by atoms with E-state index in [1.807, 2.05) is 54.9 Å². The van der Waals surface area contributed by atoms with Crippen LogP contribution in [0.15, 0.2) is 48.5 Å². The maximum atomic E-state index is 13.1. The molecule has 3 aromatic rings. The van der Waals surface area contributed by atoms with Crippen molar-refractivity contribution in [3.05, 3.63) is 76.6 Å². The second-order valence-electron chi connectivity index (χ2n) is 8.34. The van der Waals surface area contributed by atoms with Crippen molar-refractivity contribution in [2.45, 2.75) is 58.7 Å². The van der Waals surface area contributed by atoms with E-state index in [4.69, 9.17) is 9.47 Å². The van der Waals surface area contributed by atoms with Gasteiger partial charge in [-0.25, -0.2) is 0 Å². The number of ether oxygens (including phenoxy) is 2. The zero-order chi connectivity index (χ0) is 22.5. The molecule has 0 aliphatic heterocycles. The molecule has 0 saturated heterocycles. The zero-order valence-corrected chi connectivity index (χ0v) is 19.1. The molecular weight excluding hydrogens is 402 g/mol. The molecule has 1 aromatic heterocycles. The number of aromatic nitrogens is 2. The fourth-order valence-corrected chi connectivity index (χ4v) is 4.37. The molecule has 1 saturated carbocycles. The highest BCUT2D eigenvalue weighted by molar-refractivity contribution is 5.96. The highest BCUT2D eigenvalue weighted by Crippen LogP contribution is 2.35. The summed E-state index contributed by atoms with van der Waals surface area (Å²) in [5.74, 6) is 1.30. The number of nitrogens with zero attached hydrogens (tertiary/aromatic N) is 2. The molecule has 0 unspecified atom stereocenters. The van der Waals surface area contributed by atoms with Crippen LogP contribution < -0.4 is 14.8 Å². The Morgan fingerprint density at radius 1 is 1.09 bits per heavy atom. The Morgan fingerprint density at radius 2 is 1.84 bits per heavy atom. The molecule has 0 atom stereocenters. The predicted octanol–water partition coefficient (Wildman–Crippen LogP) is 4.81. The summed E-state index contributed by atoms with van der Waals surface area (Å²) in [6, 6.07) is 15.9. The molecule has 1 aliphatic carbocycles. The maximum Gasteiger partial charge on any atom is 0.255 e. The lowest BCUT2D eigenvalue weighted by Crippen LogP contribution is -2.25. The summed E-state index contributed by atoms with van der Waals surface area (Å²) in [5, 5.41) is 7.67. The fourth-order valence-electron chi connectivity index (χ4n) is 4.37. The Balaban J connectivity index is 1.49. The van der Waals surface area contributed by atoms with Gasteiger partial charge < -0.3 is 14.8 Å².